The molecule has 2 nitrogen and oxygen atoms in total. The van der Waals surface area contributed by atoms with Gasteiger partial charge in [-0.05, 0) is 43.5 Å². The summed E-state index contributed by atoms with van der Waals surface area (Å²) in [7, 11) is 0. The van der Waals surface area contributed by atoms with Gasteiger partial charge in [-0.2, -0.15) is 0 Å². The highest BCUT2D eigenvalue weighted by molar-refractivity contribution is 5.97. The Morgan fingerprint density at radius 2 is 2.06 bits per heavy atom. The van der Waals surface area contributed by atoms with E-state index >= 15 is 0 Å². The molecule has 1 fully saturated rings. The fourth-order valence-corrected chi connectivity index (χ4v) is 2.50. The van der Waals surface area contributed by atoms with Crippen LogP contribution in [0.4, 0.5) is 4.39 Å². The van der Waals surface area contributed by atoms with Gasteiger partial charge in [0.15, 0.2) is 5.78 Å². The fraction of sp³-hybridized carbons (Fsp3) is 0.500. The number of aryl methyl sites for hydroxylation is 1. The standard InChI is InChI=1S/C14H18FNO/c1-10-8-11(4-5-12(10)15)13(17)9-14(16)6-2-3-7-14/h4-5,8H,2-3,6-7,9,16H2,1H3. The van der Waals surface area contributed by atoms with Crippen molar-refractivity contribution in [2.45, 2.75) is 44.6 Å². The first-order chi connectivity index (χ1) is 8.00. The van der Waals surface area contributed by atoms with E-state index in [1.165, 1.54) is 6.07 Å². The van der Waals surface area contributed by atoms with E-state index in [1.807, 2.05) is 0 Å². The van der Waals surface area contributed by atoms with Gasteiger partial charge < -0.3 is 5.73 Å². The number of nitrogens with two attached hydrogens (primary N) is 1. The Kier molecular flexibility index (Phi) is 3.29. The van der Waals surface area contributed by atoms with Crippen LogP contribution in [0.15, 0.2) is 18.2 Å². The molecule has 1 aliphatic rings. The van der Waals surface area contributed by atoms with E-state index in [-0.39, 0.29) is 17.1 Å². The van der Waals surface area contributed by atoms with Gasteiger partial charge in [-0.1, -0.05) is 12.8 Å². The van der Waals surface area contributed by atoms with Crippen molar-refractivity contribution in [3.63, 3.8) is 0 Å². The first-order valence-corrected chi connectivity index (χ1v) is 6.08. The number of carbonyl (C=O) groups is 1. The summed E-state index contributed by atoms with van der Waals surface area (Å²) in [5, 5.41) is 0. The predicted octanol–water partition coefficient (Wildman–Crippen LogP) is 2.98. The molecular weight excluding hydrogens is 217 g/mol. The summed E-state index contributed by atoms with van der Waals surface area (Å²) < 4.78 is 13.1. The number of rotatable bonds is 3. The lowest BCUT2D eigenvalue weighted by molar-refractivity contribution is 0.0952. The van der Waals surface area contributed by atoms with Crippen LogP contribution >= 0.6 is 0 Å². The van der Waals surface area contributed by atoms with Crippen molar-refractivity contribution >= 4 is 5.78 Å². The third-order valence-corrected chi connectivity index (χ3v) is 3.59. The van der Waals surface area contributed by atoms with Gasteiger partial charge >= 0.3 is 0 Å². The van der Waals surface area contributed by atoms with Crippen molar-refractivity contribution in [1.29, 1.82) is 0 Å². The molecule has 0 bridgehead atoms. The molecule has 0 spiro atoms. The zero-order chi connectivity index (χ0) is 12.5. The van der Waals surface area contributed by atoms with Gasteiger partial charge in [0.1, 0.15) is 5.82 Å². The van der Waals surface area contributed by atoms with Crippen LogP contribution in [-0.2, 0) is 0 Å². The molecular formula is C14H18FNO. The van der Waals surface area contributed by atoms with E-state index < -0.39 is 0 Å². The molecule has 0 aliphatic heterocycles. The fourth-order valence-electron chi connectivity index (χ4n) is 2.50. The van der Waals surface area contributed by atoms with Crippen molar-refractivity contribution in [2.75, 3.05) is 0 Å². The highest BCUT2D eigenvalue weighted by Crippen LogP contribution is 2.31. The number of hydrogen-bond acceptors (Lipinski definition) is 2. The zero-order valence-corrected chi connectivity index (χ0v) is 10.1. The highest BCUT2D eigenvalue weighted by Gasteiger charge is 2.31. The Balaban J connectivity index is 2.11. The second kappa shape index (κ2) is 4.57. The molecule has 1 aromatic carbocycles. The maximum atomic E-state index is 13.1. The summed E-state index contributed by atoms with van der Waals surface area (Å²) in [5.74, 6) is -0.248. The first kappa shape index (κ1) is 12.2. The number of hydrogen-bond donors (Lipinski definition) is 1. The minimum Gasteiger partial charge on any atom is -0.325 e. The molecule has 0 saturated heterocycles. The molecule has 3 heteroatoms. The summed E-state index contributed by atoms with van der Waals surface area (Å²) in [6.07, 6.45) is 4.41. The number of carbonyl (C=O) groups excluding carboxylic acids is 1. The van der Waals surface area contributed by atoms with Crippen molar-refractivity contribution in [3.05, 3.63) is 35.1 Å². The van der Waals surface area contributed by atoms with Crippen molar-refractivity contribution < 1.29 is 9.18 Å². The molecule has 0 heterocycles. The third kappa shape index (κ3) is 2.72. The van der Waals surface area contributed by atoms with Crippen LogP contribution in [0, 0.1) is 12.7 Å². The predicted molar refractivity (Wildman–Crippen MR) is 65.5 cm³/mol. The van der Waals surface area contributed by atoms with Gasteiger partial charge in [0.25, 0.3) is 0 Å². The van der Waals surface area contributed by atoms with Crippen LogP contribution in [0.1, 0.15) is 48.0 Å². The number of ketones is 1. The summed E-state index contributed by atoms with van der Waals surface area (Å²) in [6.45, 7) is 1.67. The maximum Gasteiger partial charge on any atom is 0.164 e. The van der Waals surface area contributed by atoms with Crippen LogP contribution in [0.5, 0.6) is 0 Å². The molecule has 1 aliphatic carbocycles. The van der Waals surface area contributed by atoms with Crippen LogP contribution in [0.3, 0.4) is 0 Å². The molecule has 0 radical (unpaired) electrons. The second-order valence-electron chi connectivity index (χ2n) is 5.13. The number of benzene rings is 1. The topological polar surface area (TPSA) is 43.1 Å². The largest absolute Gasteiger partial charge is 0.325 e. The maximum absolute atomic E-state index is 13.1. The third-order valence-electron chi connectivity index (χ3n) is 3.59. The van der Waals surface area contributed by atoms with E-state index in [9.17, 15) is 9.18 Å². The van der Waals surface area contributed by atoms with Gasteiger partial charge in [-0.15, -0.1) is 0 Å². The number of halogens is 1. The average molecular weight is 235 g/mol. The Bertz CT molecular complexity index is 436. The van der Waals surface area contributed by atoms with Gasteiger partial charge in [0, 0.05) is 17.5 Å². The summed E-state index contributed by atoms with van der Waals surface area (Å²) in [4.78, 5) is 12.1. The van der Waals surface area contributed by atoms with Crippen LogP contribution in [0.25, 0.3) is 0 Å². The summed E-state index contributed by atoms with van der Waals surface area (Å²) in [6, 6.07) is 4.50. The first-order valence-electron chi connectivity index (χ1n) is 6.08. The molecule has 2 N–H and O–H groups in total. The lowest BCUT2D eigenvalue weighted by atomic mass is 9.89. The smallest absolute Gasteiger partial charge is 0.164 e. The molecule has 1 aromatic rings. The summed E-state index contributed by atoms with van der Waals surface area (Å²) >= 11 is 0. The Hall–Kier alpha value is -1.22. The lowest BCUT2D eigenvalue weighted by Crippen LogP contribution is -2.38. The minimum atomic E-state index is -0.334. The Morgan fingerprint density at radius 1 is 1.41 bits per heavy atom. The van der Waals surface area contributed by atoms with Crippen LogP contribution in [-0.4, -0.2) is 11.3 Å². The van der Waals surface area contributed by atoms with E-state index in [1.54, 1.807) is 19.1 Å². The van der Waals surface area contributed by atoms with Crippen LogP contribution in [0.2, 0.25) is 0 Å². The molecule has 17 heavy (non-hydrogen) atoms. The SMILES string of the molecule is Cc1cc(C(=O)CC2(N)CCCC2)ccc1F. The average Bonchev–Trinajstić information content (AvgIpc) is 2.69. The minimum absolute atomic E-state index is 0.0255. The van der Waals surface area contributed by atoms with Crippen molar-refractivity contribution in [2.24, 2.45) is 5.73 Å². The van der Waals surface area contributed by atoms with E-state index in [0.29, 0.717) is 17.5 Å². The van der Waals surface area contributed by atoms with Crippen LogP contribution < -0.4 is 5.73 Å². The van der Waals surface area contributed by atoms with Crippen molar-refractivity contribution in [1.82, 2.24) is 0 Å². The molecule has 0 amide bonds. The zero-order valence-electron chi connectivity index (χ0n) is 10.1. The molecule has 0 aromatic heterocycles. The molecule has 0 atom stereocenters. The normalized spacial score (nSPS) is 18.3. The molecule has 1 saturated carbocycles. The van der Waals surface area contributed by atoms with E-state index in [2.05, 4.69) is 0 Å². The van der Waals surface area contributed by atoms with E-state index in [0.717, 1.165) is 25.7 Å². The lowest BCUT2D eigenvalue weighted by Gasteiger charge is -2.22. The van der Waals surface area contributed by atoms with Gasteiger partial charge in [-0.25, -0.2) is 4.39 Å². The quantitative estimate of drug-likeness (QED) is 0.818. The Morgan fingerprint density at radius 3 is 2.65 bits per heavy atom. The monoisotopic (exact) mass is 235 g/mol. The number of Topliss-reactive ketones (excluding diaryl/α,β-unsaturated/α-hetero) is 1. The van der Waals surface area contributed by atoms with Gasteiger partial charge in [0.2, 0.25) is 0 Å². The molecule has 92 valence electrons. The summed E-state index contributed by atoms with van der Waals surface area (Å²) in [5.41, 5.74) is 6.91. The van der Waals surface area contributed by atoms with E-state index in [4.69, 9.17) is 5.73 Å². The highest BCUT2D eigenvalue weighted by atomic mass is 19.1. The van der Waals surface area contributed by atoms with Gasteiger partial charge in [-0.3, -0.25) is 4.79 Å². The second-order valence-corrected chi connectivity index (χ2v) is 5.13. The Labute approximate surface area is 101 Å². The van der Waals surface area contributed by atoms with Gasteiger partial charge in [0.05, 0.1) is 0 Å². The molecule has 2 rings (SSSR count). The molecule has 0 unspecified atom stereocenters. The van der Waals surface area contributed by atoms with Crippen molar-refractivity contribution in [3.8, 4) is 0 Å².